The molecule has 4 rings (SSSR count). The van der Waals surface area contributed by atoms with Crippen molar-refractivity contribution in [2.75, 3.05) is 23.7 Å². The van der Waals surface area contributed by atoms with Crippen LogP contribution in [-0.2, 0) is 21.0 Å². The van der Waals surface area contributed by atoms with E-state index in [9.17, 15) is 31.2 Å². The highest BCUT2D eigenvalue weighted by Gasteiger charge is 2.33. The molecule has 2 heterocycles. The lowest BCUT2D eigenvalue weighted by atomic mass is 9.97. The van der Waals surface area contributed by atoms with Crippen molar-refractivity contribution >= 4 is 44.5 Å². The number of nitrogens with zero attached hydrogens (tertiary/aromatic N) is 1. The van der Waals surface area contributed by atoms with E-state index in [1.165, 1.54) is 28.6 Å². The summed E-state index contributed by atoms with van der Waals surface area (Å²) in [7, 11) is -3.57. The summed E-state index contributed by atoms with van der Waals surface area (Å²) >= 11 is 1.15. The molecule has 2 amide bonds. The zero-order valence-electron chi connectivity index (χ0n) is 18.8. The van der Waals surface area contributed by atoms with E-state index < -0.39 is 33.6 Å². The number of amides is 2. The van der Waals surface area contributed by atoms with Crippen LogP contribution in [0.15, 0.2) is 70.3 Å². The van der Waals surface area contributed by atoms with Crippen LogP contribution in [0.25, 0.3) is 0 Å². The Bertz CT molecular complexity index is 1350. The van der Waals surface area contributed by atoms with Gasteiger partial charge in [0.1, 0.15) is 4.21 Å². The zero-order valence-corrected chi connectivity index (χ0v) is 20.4. The quantitative estimate of drug-likeness (QED) is 0.460. The Morgan fingerprint density at radius 1 is 0.917 bits per heavy atom. The molecule has 2 aromatic carbocycles. The largest absolute Gasteiger partial charge is 0.416 e. The van der Waals surface area contributed by atoms with E-state index in [2.05, 4.69) is 10.6 Å². The molecule has 0 saturated carbocycles. The number of hydrogen-bond acceptors (Lipinski definition) is 5. The molecule has 7 nitrogen and oxygen atoms in total. The van der Waals surface area contributed by atoms with Crippen LogP contribution in [0.5, 0.6) is 0 Å². The maximum absolute atomic E-state index is 12.9. The van der Waals surface area contributed by atoms with E-state index in [-0.39, 0.29) is 34.5 Å². The number of thiophene rings is 1. The molecule has 0 radical (unpaired) electrons. The van der Waals surface area contributed by atoms with Crippen molar-refractivity contribution in [1.29, 1.82) is 0 Å². The van der Waals surface area contributed by atoms with Gasteiger partial charge in [-0.25, -0.2) is 8.42 Å². The summed E-state index contributed by atoms with van der Waals surface area (Å²) in [6.07, 6.45) is -3.83. The summed E-state index contributed by atoms with van der Waals surface area (Å²) in [5.41, 5.74) is -0.378. The molecule has 36 heavy (non-hydrogen) atoms. The van der Waals surface area contributed by atoms with E-state index in [0.717, 1.165) is 23.5 Å². The van der Waals surface area contributed by atoms with E-state index in [1.807, 2.05) is 0 Å². The van der Waals surface area contributed by atoms with Crippen LogP contribution in [0.2, 0.25) is 0 Å². The van der Waals surface area contributed by atoms with Crippen molar-refractivity contribution in [2.45, 2.75) is 23.2 Å². The fourth-order valence-electron chi connectivity index (χ4n) is 3.85. The molecule has 3 aromatic rings. The normalized spacial score (nSPS) is 15.4. The van der Waals surface area contributed by atoms with Gasteiger partial charge in [-0.2, -0.15) is 17.5 Å². The first kappa shape index (κ1) is 25.9. The SMILES string of the molecule is O=C(Nc1cccc(C(F)(F)F)c1)c1cccc(NC(=O)C2CCN(S(=O)(=O)c3cccs3)CC2)c1. The van der Waals surface area contributed by atoms with Gasteiger partial charge in [-0.1, -0.05) is 18.2 Å². The highest BCUT2D eigenvalue weighted by Crippen LogP contribution is 2.31. The first-order valence-corrected chi connectivity index (χ1v) is 13.3. The van der Waals surface area contributed by atoms with Crippen LogP contribution < -0.4 is 10.6 Å². The first-order chi connectivity index (χ1) is 17.0. The second kappa shape index (κ2) is 10.4. The summed E-state index contributed by atoms with van der Waals surface area (Å²) in [6, 6.07) is 13.6. The molecule has 1 fully saturated rings. The van der Waals surface area contributed by atoms with Crippen LogP contribution in [0.3, 0.4) is 0 Å². The van der Waals surface area contributed by atoms with Gasteiger partial charge >= 0.3 is 6.18 Å². The van der Waals surface area contributed by atoms with Gasteiger partial charge in [-0.3, -0.25) is 9.59 Å². The highest BCUT2D eigenvalue weighted by molar-refractivity contribution is 7.91. The molecule has 1 aromatic heterocycles. The Kier molecular flexibility index (Phi) is 7.48. The molecule has 1 aliphatic rings. The molecule has 2 N–H and O–H groups in total. The molecule has 0 spiro atoms. The minimum Gasteiger partial charge on any atom is -0.326 e. The molecular weight excluding hydrogens is 515 g/mol. The van der Waals surface area contributed by atoms with E-state index in [1.54, 1.807) is 29.6 Å². The van der Waals surface area contributed by atoms with E-state index in [0.29, 0.717) is 18.5 Å². The summed E-state index contributed by atoms with van der Waals surface area (Å²) in [5, 5.41) is 6.87. The Labute approximate surface area is 210 Å². The minimum absolute atomic E-state index is 0.00600. The average molecular weight is 538 g/mol. The molecule has 0 aliphatic carbocycles. The van der Waals surface area contributed by atoms with Gasteiger partial charge in [0.05, 0.1) is 5.56 Å². The van der Waals surface area contributed by atoms with Crippen molar-refractivity contribution < 1.29 is 31.2 Å². The lowest BCUT2D eigenvalue weighted by Crippen LogP contribution is -2.41. The lowest BCUT2D eigenvalue weighted by molar-refractivity contribution is -0.137. The second-order valence-corrected chi connectivity index (χ2v) is 11.3. The molecule has 0 bridgehead atoms. The van der Waals surface area contributed by atoms with Gasteiger partial charge in [0, 0.05) is 35.9 Å². The van der Waals surface area contributed by atoms with Crippen molar-refractivity contribution in [2.24, 2.45) is 5.92 Å². The predicted molar refractivity (Wildman–Crippen MR) is 130 cm³/mol. The number of sulfonamides is 1. The van der Waals surface area contributed by atoms with E-state index >= 15 is 0 Å². The second-order valence-electron chi connectivity index (χ2n) is 8.21. The Morgan fingerprint density at radius 3 is 2.22 bits per heavy atom. The maximum Gasteiger partial charge on any atom is 0.416 e. The van der Waals surface area contributed by atoms with Crippen LogP contribution in [0.4, 0.5) is 24.5 Å². The van der Waals surface area contributed by atoms with Crippen molar-refractivity contribution in [1.82, 2.24) is 4.31 Å². The standard InChI is InChI=1S/C24H22F3N3O4S2/c25-24(26,27)18-5-2-7-20(15-18)29-23(32)17-4-1-6-19(14-17)28-22(31)16-9-11-30(12-10-16)36(33,34)21-8-3-13-35-21/h1-8,13-16H,9-12H2,(H,28,31)(H,29,32). The minimum atomic E-state index is -4.53. The summed E-state index contributed by atoms with van der Waals surface area (Å²) in [4.78, 5) is 25.3. The van der Waals surface area contributed by atoms with E-state index in [4.69, 9.17) is 0 Å². The van der Waals surface area contributed by atoms with Crippen molar-refractivity contribution in [3.63, 3.8) is 0 Å². The number of piperidine rings is 1. The third-order valence-electron chi connectivity index (χ3n) is 5.75. The Balaban J connectivity index is 1.36. The zero-order chi connectivity index (χ0) is 25.9. The van der Waals surface area contributed by atoms with Gasteiger partial charge in [0.25, 0.3) is 15.9 Å². The molecule has 12 heteroatoms. The number of anilines is 2. The third-order valence-corrected chi connectivity index (χ3v) is 9.03. The first-order valence-electron chi connectivity index (χ1n) is 11.0. The van der Waals surface area contributed by atoms with Gasteiger partial charge in [-0.15, -0.1) is 11.3 Å². The van der Waals surface area contributed by atoms with Crippen LogP contribution in [0.1, 0.15) is 28.8 Å². The van der Waals surface area contributed by atoms with Crippen LogP contribution >= 0.6 is 11.3 Å². The van der Waals surface area contributed by atoms with Crippen LogP contribution in [-0.4, -0.2) is 37.6 Å². The Morgan fingerprint density at radius 2 is 1.58 bits per heavy atom. The van der Waals surface area contributed by atoms with Crippen molar-refractivity contribution in [3.8, 4) is 0 Å². The summed E-state index contributed by atoms with van der Waals surface area (Å²) < 4.78 is 65.7. The number of rotatable bonds is 6. The molecule has 1 aliphatic heterocycles. The molecule has 0 unspecified atom stereocenters. The maximum atomic E-state index is 12.9. The van der Waals surface area contributed by atoms with Gasteiger partial charge < -0.3 is 10.6 Å². The monoisotopic (exact) mass is 537 g/mol. The molecule has 0 atom stereocenters. The van der Waals surface area contributed by atoms with Gasteiger partial charge in [0.2, 0.25) is 5.91 Å². The number of carbonyl (C=O) groups is 2. The number of nitrogens with one attached hydrogen (secondary N) is 2. The Hall–Kier alpha value is -3.22. The molecular formula is C24H22F3N3O4S2. The smallest absolute Gasteiger partial charge is 0.326 e. The number of alkyl halides is 3. The summed E-state index contributed by atoms with van der Waals surface area (Å²) in [5.74, 6) is -1.32. The topological polar surface area (TPSA) is 95.6 Å². The summed E-state index contributed by atoms with van der Waals surface area (Å²) in [6.45, 7) is 0.440. The fourth-order valence-corrected chi connectivity index (χ4v) is 6.47. The predicted octanol–water partition coefficient (Wildman–Crippen LogP) is 5.06. The molecule has 1 saturated heterocycles. The highest BCUT2D eigenvalue weighted by atomic mass is 32.2. The number of benzene rings is 2. The van der Waals surface area contributed by atoms with Crippen molar-refractivity contribution in [3.05, 3.63) is 77.2 Å². The van der Waals surface area contributed by atoms with Gasteiger partial charge in [0.15, 0.2) is 0 Å². The number of halogens is 3. The van der Waals surface area contributed by atoms with Crippen LogP contribution in [0, 0.1) is 5.92 Å². The van der Waals surface area contributed by atoms with Gasteiger partial charge in [-0.05, 0) is 60.7 Å². The average Bonchev–Trinajstić information content (AvgIpc) is 3.40. The fraction of sp³-hybridized carbons (Fsp3) is 0.250. The lowest BCUT2D eigenvalue weighted by Gasteiger charge is -2.30. The third kappa shape index (κ3) is 5.94. The number of carbonyl (C=O) groups excluding carboxylic acids is 2. The number of hydrogen-bond donors (Lipinski definition) is 2. The molecule has 190 valence electrons.